The second-order valence-electron chi connectivity index (χ2n) is 5.96. The Balaban J connectivity index is 1.63. The van der Waals surface area contributed by atoms with E-state index in [9.17, 15) is 9.90 Å². The molecule has 1 N–H and O–H groups in total. The molecule has 1 aromatic heterocycles. The van der Waals surface area contributed by atoms with Crippen LogP contribution < -0.4 is 0 Å². The van der Waals surface area contributed by atoms with Crippen LogP contribution in [0.3, 0.4) is 0 Å². The Labute approximate surface area is 139 Å². The molecule has 3 rings (SSSR count). The summed E-state index contributed by atoms with van der Waals surface area (Å²) in [4.78, 5) is 18.5. The van der Waals surface area contributed by atoms with Crippen molar-refractivity contribution in [2.24, 2.45) is 5.92 Å². The monoisotopic (exact) mass is 334 g/mol. The summed E-state index contributed by atoms with van der Waals surface area (Å²) in [6.07, 6.45) is 2.20. The topological polar surface area (TPSA) is 66.6 Å². The van der Waals surface area contributed by atoms with Crippen molar-refractivity contribution in [3.05, 3.63) is 41.2 Å². The minimum Gasteiger partial charge on any atom is -0.444 e. The summed E-state index contributed by atoms with van der Waals surface area (Å²) in [6, 6.07) is 7.19. The third-order valence-corrected chi connectivity index (χ3v) is 4.49. The fourth-order valence-corrected chi connectivity index (χ4v) is 2.91. The van der Waals surface area contributed by atoms with E-state index in [1.807, 2.05) is 12.1 Å². The molecule has 0 spiro atoms. The van der Waals surface area contributed by atoms with Gasteiger partial charge in [-0.2, -0.15) is 0 Å². The summed E-state index contributed by atoms with van der Waals surface area (Å²) < 4.78 is 5.45. The molecule has 0 aliphatic carbocycles. The van der Waals surface area contributed by atoms with Gasteiger partial charge >= 0.3 is 0 Å². The number of likely N-dealkylation sites (tertiary alicyclic amines) is 1. The number of aliphatic hydroxyl groups excluding tert-OH is 1. The first-order valence-corrected chi connectivity index (χ1v) is 8.07. The molecule has 1 aliphatic rings. The van der Waals surface area contributed by atoms with E-state index < -0.39 is 0 Å². The molecule has 5 nitrogen and oxygen atoms in total. The van der Waals surface area contributed by atoms with Gasteiger partial charge in [-0.05, 0) is 37.6 Å². The van der Waals surface area contributed by atoms with Gasteiger partial charge in [-0.15, -0.1) is 0 Å². The molecule has 1 aromatic carbocycles. The first-order chi connectivity index (χ1) is 11.0. The molecule has 2 aromatic rings. The number of benzene rings is 1. The van der Waals surface area contributed by atoms with Crippen LogP contribution in [0.1, 0.15) is 19.0 Å². The van der Waals surface area contributed by atoms with Gasteiger partial charge in [-0.1, -0.05) is 11.6 Å². The molecule has 0 radical (unpaired) electrons. The van der Waals surface area contributed by atoms with Crippen molar-refractivity contribution in [3.63, 3.8) is 0 Å². The SMILES string of the molecule is CC(O)C1CCN(C(=O)Cc2coc(-c3ccc(Cl)cc3)n2)C1. The van der Waals surface area contributed by atoms with E-state index in [4.69, 9.17) is 16.0 Å². The van der Waals surface area contributed by atoms with Gasteiger partial charge in [0.05, 0.1) is 18.2 Å². The lowest BCUT2D eigenvalue weighted by Crippen LogP contribution is -2.31. The van der Waals surface area contributed by atoms with Gasteiger partial charge in [0, 0.05) is 29.6 Å². The van der Waals surface area contributed by atoms with E-state index in [1.165, 1.54) is 6.26 Å². The fourth-order valence-electron chi connectivity index (χ4n) is 2.79. The van der Waals surface area contributed by atoms with Crippen LogP contribution >= 0.6 is 11.6 Å². The summed E-state index contributed by atoms with van der Waals surface area (Å²) in [7, 11) is 0. The molecule has 1 aliphatic heterocycles. The number of hydrogen-bond acceptors (Lipinski definition) is 4. The average Bonchev–Trinajstić information content (AvgIpc) is 3.17. The third kappa shape index (κ3) is 3.74. The highest BCUT2D eigenvalue weighted by atomic mass is 35.5. The van der Waals surface area contributed by atoms with E-state index in [2.05, 4.69) is 4.98 Å². The van der Waals surface area contributed by atoms with Crippen molar-refractivity contribution in [2.75, 3.05) is 13.1 Å². The van der Waals surface area contributed by atoms with Gasteiger partial charge in [0.15, 0.2) is 0 Å². The molecule has 23 heavy (non-hydrogen) atoms. The third-order valence-electron chi connectivity index (χ3n) is 4.23. The van der Waals surface area contributed by atoms with Crippen molar-refractivity contribution in [3.8, 4) is 11.5 Å². The van der Waals surface area contributed by atoms with Crippen LogP contribution in [0.4, 0.5) is 0 Å². The zero-order valence-corrected chi connectivity index (χ0v) is 13.7. The number of carbonyl (C=O) groups is 1. The molecule has 0 saturated carbocycles. The predicted molar refractivity (Wildman–Crippen MR) is 87.0 cm³/mol. The quantitative estimate of drug-likeness (QED) is 0.933. The summed E-state index contributed by atoms with van der Waals surface area (Å²) in [5.74, 6) is 0.665. The number of carbonyl (C=O) groups excluding carboxylic acids is 1. The molecule has 2 unspecified atom stereocenters. The number of halogens is 1. The molecule has 6 heteroatoms. The van der Waals surface area contributed by atoms with E-state index in [0.29, 0.717) is 29.7 Å². The highest BCUT2D eigenvalue weighted by molar-refractivity contribution is 6.30. The maximum Gasteiger partial charge on any atom is 0.228 e. The Kier molecular flexibility index (Phi) is 4.68. The van der Waals surface area contributed by atoms with E-state index in [0.717, 1.165) is 12.0 Å². The van der Waals surface area contributed by atoms with Crippen LogP contribution in [-0.2, 0) is 11.2 Å². The van der Waals surface area contributed by atoms with Gasteiger partial charge < -0.3 is 14.4 Å². The lowest BCUT2D eigenvalue weighted by molar-refractivity contribution is -0.129. The van der Waals surface area contributed by atoms with Gasteiger partial charge in [-0.25, -0.2) is 4.98 Å². The standard InChI is InChI=1S/C17H19ClN2O3/c1-11(21)13-6-7-20(9-13)16(22)8-15-10-23-17(19-15)12-2-4-14(18)5-3-12/h2-5,10-11,13,21H,6-9H2,1H3. The largest absolute Gasteiger partial charge is 0.444 e. The van der Waals surface area contributed by atoms with Crippen molar-refractivity contribution < 1.29 is 14.3 Å². The van der Waals surface area contributed by atoms with Crippen LogP contribution in [0.25, 0.3) is 11.5 Å². The van der Waals surface area contributed by atoms with E-state index in [-0.39, 0.29) is 24.3 Å². The number of amides is 1. The Bertz CT molecular complexity index is 681. The number of nitrogens with zero attached hydrogens (tertiary/aromatic N) is 2. The lowest BCUT2D eigenvalue weighted by Gasteiger charge is -2.17. The fraction of sp³-hybridized carbons (Fsp3) is 0.412. The van der Waals surface area contributed by atoms with Crippen LogP contribution in [0.15, 0.2) is 34.9 Å². The van der Waals surface area contributed by atoms with Crippen LogP contribution in [0.2, 0.25) is 5.02 Å². The lowest BCUT2D eigenvalue weighted by atomic mass is 10.0. The van der Waals surface area contributed by atoms with Crippen molar-refractivity contribution in [1.82, 2.24) is 9.88 Å². The maximum absolute atomic E-state index is 12.3. The zero-order valence-electron chi connectivity index (χ0n) is 12.9. The molecular formula is C17H19ClN2O3. The summed E-state index contributed by atoms with van der Waals surface area (Å²) in [6.45, 7) is 3.07. The summed E-state index contributed by atoms with van der Waals surface area (Å²) in [5, 5.41) is 10.3. The number of aliphatic hydroxyl groups is 1. The first kappa shape index (κ1) is 16.0. The highest BCUT2D eigenvalue weighted by Crippen LogP contribution is 2.23. The van der Waals surface area contributed by atoms with Gasteiger partial charge in [0.2, 0.25) is 11.8 Å². The Morgan fingerprint density at radius 1 is 1.48 bits per heavy atom. The van der Waals surface area contributed by atoms with Crippen LogP contribution in [-0.4, -0.2) is 40.1 Å². The highest BCUT2D eigenvalue weighted by Gasteiger charge is 2.29. The van der Waals surface area contributed by atoms with Crippen LogP contribution in [0.5, 0.6) is 0 Å². The van der Waals surface area contributed by atoms with E-state index >= 15 is 0 Å². The first-order valence-electron chi connectivity index (χ1n) is 7.69. The molecule has 2 heterocycles. The molecule has 1 saturated heterocycles. The Hall–Kier alpha value is -1.85. The average molecular weight is 335 g/mol. The van der Waals surface area contributed by atoms with Crippen molar-refractivity contribution in [2.45, 2.75) is 25.9 Å². The molecule has 122 valence electrons. The number of aromatic nitrogens is 1. The van der Waals surface area contributed by atoms with Gasteiger partial charge in [-0.3, -0.25) is 4.79 Å². The maximum atomic E-state index is 12.3. The predicted octanol–water partition coefficient (Wildman–Crippen LogP) is 2.77. The smallest absolute Gasteiger partial charge is 0.228 e. The minimum absolute atomic E-state index is 0.0177. The minimum atomic E-state index is -0.378. The normalized spacial score (nSPS) is 19.1. The number of rotatable bonds is 4. The van der Waals surface area contributed by atoms with Gasteiger partial charge in [0.25, 0.3) is 0 Å². The molecule has 0 bridgehead atoms. The number of hydrogen-bond donors (Lipinski definition) is 1. The van der Waals surface area contributed by atoms with Crippen molar-refractivity contribution in [1.29, 1.82) is 0 Å². The number of oxazole rings is 1. The van der Waals surface area contributed by atoms with Crippen molar-refractivity contribution >= 4 is 17.5 Å². The van der Waals surface area contributed by atoms with Crippen LogP contribution in [0, 0.1) is 5.92 Å². The molecular weight excluding hydrogens is 316 g/mol. The second-order valence-corrected chi connectivity index (χ2v) is 6.39. The zero-order chi connectivity index (χ0) is 16.4. The molecule has 1 fully saturated rings. The summed E-state index contributed by atoms with van der Waals surface area (Å²) >= 11 is 5.86. The Morgan fingerprint density at radius 3 is 2.87 bits per heavy atom. The summed E-state index contributed by atoms with van der Waals surface area (Å²) in [5.41, 5.74) is 1.43. The molecule has 2 atom stereocenters. The second kappa shape index (κ2) is 6.72. The molecule has 1 amide bonds. The Morgan fingerprint density at radius 2 is 2.22 bits per heavy atom. The van der Waals surface area contributed by atoms with Gasteiger partial charge in [0.1, 0.15) is 6.26 Å². The van der Waals surface area contributed by atoms with E-state index in [1.54, 1.807) is 24.0 Å².